The molecule has 1 aliphatic rings. The molecule has 1 aromatic heterocycles. The van der Waals surface area contributed by atoms with Crippen LogP contribution in [0, 0.1) is 0 Å². The lowest BCUT2D eigenvalue weighted by atomic mass is 9.78. The lowest BCUT2D eigenvalue weighted by Crippen LogP contribution is -2.37. The molecule has 84 valence electrons. The Labute approximate surface area is 99.2 Å². The van der Waals surface area contributed by atoms with Gasteiger partial charge in [-0.2, -0.15) is 0 Å². The molecule has 2 N–H and O–H groups in total. The first-order valence-corrected chi connectivity index (χ1v) is 5.92. The highest BCUT2D eigenvalue weighted by Gasteiger charge is 2.36. The van der Waals surface area contributed by atoms with E-state index in [2.05, 4.69) is 16.5 Å². The van der Waals surface area contributed by atoms with Crippen LogP contribution in [0.3, 0.4) is 0 Å². The molecule has 3 rings (SSSR count). The molecule has 0 saturated heterocycles. The molecule has 1 heterocycles. The number of aromatic nitrogens is 2. The zero-order valence-electron chi connectivity index (χ0n) is 9.20. The van der Waals surface area contributed by atoms with Crippen LogP contribution in [0.4, 0.5) is 5.95 Å². The van der Waals surface area contributed by atoms with Crippen LogP contribution in [0.1, 0.15) is 26.2 Å². The van der Waals surface area contributed by atoms with Crippen LogP contribution in [0.5, 0.6) is 0 Å². The maximum absolute atomic E-state index is 6.01. The first-order chi connectivity index (χ1) is 7.60. The summed E-state index contributed by atoms with van der Waals surface area (Å²) in [5.74, 6) is 0.597. The monoisotopic (exact) mass is 235 g/mol. The summed E-state index contributed by atoms with van der Waals surface area (Å²) < 4.78 is 2.15. The summed E-state index contributed by atoms with van der Waals surface area (Å²) in [6, 6.07) is 5.76. The van der Waals surface area contributed by atoms with E-state index < -0.39 is 0 Å². The van der Waals surface area contributed by atoms with E-state index in [1.54, 1.807) is 0 Å². The number of rotatable bonds is 1. The number of hydrogen-bond acceptors (Lipinski definition) is 2. The van der Waals surface area contributed by atoms with Crippen LogP contribution in [-0.2, 0) is 5.54 Å². The molecular weight excluding hydrogens is 222 g/mol. The summed E-state index contributed by atoms with van der Waals surface area (Å²) in [6.07, 6.45) is 3.61. The molecule has 3 nitrogen and oxygen atoms in total. The van der Waals surface area contributed by atoms with Crippen LogP contribution in [0.15, 0.2) is 18.2 Å². The molecule has 1 saturated carbocycles. The Hall–Kier alpha value is -1.22. The fourth-order valence-corrected chi connectivity index (χ4v) is 2.72. The first-order valence-electron chi connectivity index (χ1n) is 5.54. The molecule has 2 aromatic rings. The molecule has 0 spiro atoms. The number of nitrogen functional groups attached to an aromatic ring is 1. The Bertz CT molecular complexity index is 555. The van der Waals surface area contributed by atoms with Crippen LogP contribution in [-0.4, -0.2) is 9.55 Å². The molecular formula is C12H14ClN3. The lowest BCUT2D eigenvalue weighted by Gasteiger charge is -2.40. The quantitative estimate of drug-likeness (QED) is 0.825. The van der Waals surface area contributed by atoms with E-state index in [1.807, 2.05) is 18.2 Å². The van der Waals surface area contributed by atoms with Gasteiger partial charge in [0.1, 0.15) is 0 Å². The van der Waals surface area contributed by atoms with Gasteiger partial charge in [-0.05, 0) is 44.4 Å². The Morgan fingerprint density at radius 1 is 1.44 bits per heavy atom. The van der Waals surface area contributed by atoms with Crippen molar-refractivity contribution >= 4 is 28.6 Å². The lowest BCUT2D eigenvalue weighted by molar-refractivity contribution is 0.177. The van der Waals surface area contributed by atoms with Crippen LogP contribution < -0.4 is 5.73 Å². The summed E-state index contributed by atoms with van der Waals surface area (Å²) in [7, 11) is 0. The van der Waals surface area contributed by atoms with Crippen molar-refractivity contribution in [3.63, 3.8) is 0 Å². The number of imidazole rings is 1. The second-order valence-electron chi connectivity index (χ2n) is 4.79. The maximum Gasteiger partial charge on any atom is 0.201 e. The largest absolute Gasteiger partial charge is 0.369 e. The zero-order chi connectivity index (χ0) is 11.3. The van der Waals surface area contributed by atoms with Gasteiger partial charge in [-0.25, -0.2) is 4.98 Å². The van der Waals surface area contributed by atoms with Crippen LogP contribution in [0.25, 0.3) is 11.0 Å². The predicted octanol–water partition coefficient (Wildman–Crippen LogP) is 3.17. The number of halogens is 1. The van der Waals surface area contributed by atoms with Gasteiger partial charge in [0.15, 0.2) is 0 Å². The minimum Gasteiger partial charge on any atom is -0.369 e. The van der Waals surface area contributed by atoms with Crippen molar-refractivity contribution in [1.29, 1.82) is 0 Å². The minimum absolute atomic E-state index is 0.145. The molecule has 0 bridgehead atoms. The number of hydrogen-bond donors (Lipinski definition) is 1. The fourth-order valence-electron chi connectivity index (χ4n) is 2.55. The van der Waals surface area contributed by atoms with Gasteiger partial charge in [-0.3, -0.25) is 0 Å². The van der Waals surface area contributed by atoms with Gasteiger partial charge in [0.25, 0.3) is 0 Å². The molecule has 0 amide bonds. The smallest absolute Gasteiger partial charge is 0.201 e. The normalized spacial score (nSPS) is 18.6. The summed E-state index contributed by atoms with van der Waals surface area (Å²) in [5, 5.41) is 0.705. The van der Waals surface area contributed by atoms with Crippen LogP contribution >= 0.6 is 11.6 Å². The van der Waals surface area contributed by atoms with Crippen molar-refractivity contribution in [3.05, 3.63) is 23.2 Å². The van der Waals surface area contributed by atoms with E-state index in [-0.39, 0.29) is 5.54 Å². The topological polar surface area (TPSA) is 43.8 Å². The van der Waals surface area contributed by atoms with E-state index in [0.29, 0.717) is 11.0 Å². The standard InChI is InChI=1S/C12H14ClN3/c1-12(5-2-6-12)16-10-4-3-8(13)7-9(10)15-11(16)14/h3-4,7H,2,5-6H2,1H3,(H2,14,15). The molecule has 0 unspecified atom stereocenters. The average molecular weight is 236 g/mol. The average Bonchev–Trinajstić information content (AvgIpc) is 2.50. The highest BCUT2D eigenvalue weighted by Crippen LogP contribution is 2.42. The summed E-state index contributed by atoms with van der Waals surface area (Å²) in [4.78, 5) is 4.38. The van der Waals surface area contributed by atoms with E-state index in [4.69, 9.17) is 17.3 Å². The third kappa shape index (κ3) is 1.24. The minimum atomic E-state index is 0.145. The summed E-state index contributed by atoms with van der Waals surface area (Å²) in [5.41, 5.74) is 8.13. The van der Waals surface area contributed by atoms with Crippen molar-refractivity contribution in [2.75, 3.05) is 5.73 Å². The molecule has 1 fully saturated rings. The van der Waals surface area contributed by atoms with Gasteiger partial charge in [0, 0.05) is 10.6 Å². The third-order valence-corrected chi connectivity index (χ3v) is 3.85. The van der Waals surface area contributed by atoms with E-state index >= 15 is 0 Å². The predicted molar refractivity (Wildman–Crippen MR) is 66.7 cm³/mol. The van der Waals surface area contributed by atoms with Crippen molar-refractivity contribution in [1.82, 2.24) is 9.55 Å². The van der Waals surface area contributed by atoms with Gasteiger partial charge in [-0.1, -0.05) is 11.6 Å². The second kappa shape index (κ2) is 3.14. The molecule has 1 aliphatic carbocycles. The van der Waals surface area contributed by atoms with E-state index in [1.165, 1.54) is 19.3 Å². The van der Waals surface area contributed by atoms with Crippen LogP contribution in [0.2, 0.25) is 5.02 Å². The van der Waals surface area contributed by atoms with Gasteiger partial charge in [0.2, 0.25) is 5.95 Å². The molecule has 1 aromatic carbocycles. The van der Waals surface area contributed by atoms with Crippen molar-refractivity contribution in [3.8, 4) is 0 Å². The molecule has 4 heteroatoms. The highest BCUT2D eigenvalue weighted by atomic mass is 35.5. The number of benzene rings is 1. The number of fused-ring (bicyclic) bond motifs is 1. The molecule has 0 radical (unpaired) electrons. The Morgan fingerprint density at radius 2 is 2.19 bits per heavy atom. The van der Waals surface area contributed by atoms with Gasteiger partial charge < -0.3 is 10.3 Å². The Kier molecular flexibility index (Phi) is 1.96. The third-order valence-electron chi connectivity index (χ3n) is 3.61. The number of nitrogens with two attached hydrogens (primary N) is 1. The summed E-state index contributed by atoms with van der Waals surface area (Å²) in [6.45, 7) is 2.24. The van der Waals surface area contributed by atoms with Gasteiger partial charge in [0.05, 0.1) is 11.0 Å². The molecule has 0 atom stereocenters. The fraction of sp³-hybridized carbons (Fsp3) is 0.417. The van der Waals surface area contributed by atoms with Crippen molar-refractivity contribution in [2.24, 2.45) is 0 Å². The Balaban J connectivity index is 2.27. The highest BCUT2D eigenvalue weighted by molar-refractivity contribution is 6.31. The van der Waals surface area contributed by atoms with Gasteiger partial charge in [-0.15, -0.1) is 0 Å². The first kappa shape index (κ1) is 9.97. The SMILES string of the molecule is CC1(n2c(N)nc3cc(Cl)ccc32)CCC1. The zero-order valence-corrected chi connectivity index (χ0v) is 9.96. The van der Waals surface area contributed by atoms with Crippen molar-refractivity contribution in [2.45, 2.75) is 31.7 Å². The van der Waals surface area contributed by atoms with E-state index in [0.717, 1.165) is 11.0 Å². The van der Waals surface area contributed by atoms with Crippen molar-refractivity contribution < 1.29 is 0 Å². The molecule has 0 aliphatic heterocycles. The number of nitrogens with zero attached hydrogens (tertiary/aromatic N) is 2. The Morgan fingerprint density at radius 3 is 2.81 bits per heavy atom. The maximum atomic E-state index is 6.01. The second-order valence-corrected chi connectivity index (χ2v) is 5.23. The van der Waals surface area contributed by atoms with E-state index in [9.17, 15) is 0 Å². The number of anilines is 1. The van der Waals surface area contributed by atoms with Gasteiger partial charge >= 0.3 is 0 Å². The molecule has 16 heavy (non-hydrogen) atoms. The summed E-state index contributed by atoms with van der Waals surface area (Å²) >= 11 is 5.95.